The summed E-state index contributed by atoms with van der Waals surface area (Å²) >= 11 is 1.25. The first-order chi connectivity index (χ1) is 13.8. The van der Waals surface area contributed by atoms with Gasteiger partial charge in [0, 0.05) is 32.1 Å². The molecule has 1 fully saturated rings. The molecule has 2 aromatic heterocycles. The number of sulfonamides is 1. The molecule has 1 amide bonds. The second-order valence-electron chi connectivity index (χ2n) is 7.97. The number of aryl methyl sites for hydroxylation is 2. The van der Waals surface area contributed by atoms with Crippen LogP contribution in [0.25, 0.3) is 10.2 Å². The minimum atomic E-state index is -3.28. The van der Waals surface area contributed by atoms with Gasteiger partial charge in [0.25, 0.3) is 11.5 Å². The highest BCUT2D eigenvalue weighted by atomic mass is 32.2. The molecule has 4 rings (SSSR count). The number of hydrogen-bond donors (Lipinski definition) is 1. The zero-order chi connectivity index (χ0) is 20.8. The highest BCUT2D eigenvalue weighted by Gasteiger charge is 2.29. The third-order valence-corrected chi connectivity index (χ3v) is 8.26. The van der Waals surface area contributed by atoms with Crippen molar-refractivity contribution in [3.8, 4) is 0 Å². The van der Waals surface area contributed by atoms with Gasteiger partial charge in [0.1, 0.15) is 10.7 Å². The lowest BCUT2D eigenvalue weighted by atomic mass is 10.1. The van der Waals surface area contributed by atoms with Crippen molar-refractivity contribution in [2.75, 3.05) is 19.3 Å². The number of rotatable bonds is 3. The molecule has 0 spiro atoms. The molecule has 29 heavy (non-hydrogen) atoms. The molecule has 2 aliphatic heterocycles. The van der Waals surface area contributed by atoms with Gasteiger partial charge in [-0.2, -0.15) is 0 Å². The van der Waals surface area contributed by atoms with Gasteiger partial charge in [-0.25, -0.2) is 17.7 Å². The summed E-state index contributed by atoms with van der Waals surface area (Å²) in [5, 5.41) is 3.50. The third-order valence-electron chi connectivity index (χ3n) is 5.81. The predicted molar refractivity (Wildman–Crippen MR) is 113 cm³/mol. The van der Waals surface area contributed by atoms with Crippen molar-refractivity contribution in [3.05, 3.63) is 26.6 Å². The number of fused-ring (bicyclic) bond motifs is 2. The van der Waals surface area contributed by atoms with Crippen LogP contribution in [0.4, 0.5) is 0 Å². The van der Waals surface area contributed by atoms with Gasteiger partial charge in [-0.3, -0.25) is 14.2 Å². The Labute approximate surface area is 174 Å². The fourth-order valence-electron chi connectivity index (χ4n) is 4.24. The molecule has 1 saturated heterocycles. The fourth-order valence-corrected chi connectivity index (χ4v) is 6.24. The molecule has 10 heteroatoms. The molecule has 0 saturated carbocycles. The van der Waals surface area contributed by atoms with Crippen LogP contribution >= 0.6 is 11.3 Å². The Hall–Kier alpha value is -1.78. The molecule has 1 unspecified atom stereocenters. The van der Waals surface area contributed by atoms with E-state index < -0.39 is 10.0 Å². The van der Waals surface area contributed by atoms with E-state index in [9.17, 15) is 18.0 Å². The molecule has 2 aliphatic rings. The summed E-state index contributed by atoms with van der Waals surface area (Å²) in [6, 6.07) is -0.235. The number of piperidine rings is 1. The van der Waals surface area contributed by atoms with Crippen LogP contribution in [0.5, 0.6) is 0 Å². The van der Waals surface area contributed by atoms with Gasteiger partial charge in [-0.05, 0) is 38.2 Å². The SMILES string of the molecule is Cc1c(C(=O)NC2CCCN(S(C)(=O)=O)C2)sc2nc3n(c(=O)c12)CCCCC3. The molecule has 1 atom stereocenters. The molecule has 0 aliphatic carbocycles. The van der Waals surface area contributed by atoms with E-state index in [1.165, 1.54) is 21.9 Å². The van der Waals surface area contributed by atoms with E-state index in [0.717, 1.165) is 37.9 Å². The molecule has 8 nitrogen and oxygen atoms in total. The number of carbonyl (C=O) groups excluding carboxylic acids is 1. The van der Waals surface area contributed by atoms with Crippen LogP contribution < -0.4 is 10.9 Å². The standard InChI is InChI=1S/C19H26N4O4S2/c1-12-15-18(21-14-8-4-3-5-10-23(14)19(15)25)28-16(12)17(24)20-13-7-6-9-22(11-13)29(2,26)27/h13H,3-11H2,1-2H3,(H,20,24). The van der Waals surface area contributed by atoms with E-state index in [-0.39, 0.29) is 24.1 Å². The molecular formula is C19H26N4O4S2. The lowest BCUT2D eigenvalue weighted by Gasteiger charge is -2.31. The predicted octanol–water partition coefficient (Wildman–Crippen LogP) is 1.65. The largest absolute Gasteiger partial charge is 0.347 e. The molecule has 0 radical (unpaired) electrons. The van der Waals surface area contributed by atoms with E-state index in [4.69, 9.17) is 4.98 Å². The highest BCUT2D eigenvalue weighted by Crippen LogP contribution is 2.28. The maximum absolute atomic E-state index is 13.1. The van der Waals surface area contributed by atoms with Gasteiger partial charge in [0.05, 0.1) is 16.5 Å². The van der Waals surface area contributed by atoms with Crippen molar-refractivity contribution in [2.24, 2.45) is 0 Å². The van der Waals surface area contributed by atoms with Crippen molar-refractivity contribution in [3.63, 3.8) is 0 Å². The van der Waals surface area contributed by atoms with Crippen LogP contribution in [0.3, 0.4) is 0 Å². The van der Waals surface area contributed by atoms with Crippen LogP contribution in [0.1, 0.15) is 53.2 Å². The van der Waals surface area contributed by atoms with E-state index in [1.54, 1.807) is 11.5 Å². The van der Waals surface area contributed by atoms with Crippen LogP contribution in [-0.4, -0.2) is 53.6 Å². The van der Waals surface area contributed by atoms with Gasteiger partial charge in [0.15, 0.2) is 0 Å². The van der Waals surface area contributed by atoms with Gasteiger partial charge < -0.3 is 5.32 Å². The summed E-state index contributed by atoms with van der Waals surface area (Å²) in [4.78, 5) is 31.8. The Balaban J connectivity index is 1.62. The fraction of sp³-hybridized carbons (Fsp3) is 0.632. The van der Waals surface area contributed by atoms with E-state index in [1.807, 2.05) is 0 Å². The normalized spacial score (nSPS) is 21.0. The average Bonchev–Trinajstić information content (AvgIpc) is 2.84. The Kier molecular flexibility index (Phi) is 5.52. The quantitative estimate of drug-likeness (QED) is 0.785. The molecule has 1 N–H and O–H groups in total. The van der Waals surface area contributed by atoms with Crippen molar-refractivity contribution < 1.29 is 13.2 Å². The summed E-state index contributed by atoms with van der Waals surface area (Å²) < 4.78 is 26.8. The van der Waals surface area contributed by atoms with Crippen molar-refractivity contribution in [1.82, 2.24) is 19.2 Å². The lowest BCUT2D eigenvalue weighted by Crippen LogP contribution is -2.49. The minimum Gasteiger partial charge on any atom is -0.347 e. The Bertz CT molecular complexity index is 1120. The molecule has 2 aromatic rings. The summed E-state index contributed by atoms with van der Waals surface area (Å²) in [7, 11) is -3.28. The number of thiophene rings is 1. The Morgan fingerprint density at radius 3 is 2.76 bits per heavy atom. The monoisotopic (exact) mass is 438 g/mol. The van der Waals surface area contributed by atoms with Crippen molar-refractivity contribution in [1.29, 1.82) is 0 Å². The highest BCUT2D eigenvalue weighted by molar-refractivity contribution is 7.88. The number of aromatic nitrogens is 2. The summed E-state index contributed by atoms with van der Waals surface area (Å²) in [5.41, 5.74) is 0.607. The molecule has 4 heterocycles. The second-order valence-corrected chi connectivity index (χ2v) is 10.9. The van der Waals surface area contributed by atoms with Gasteiger partial charge in [-0.15, -0.1) is 11.3 Å². The molecule has 0 bridgehead atoms. The van der Waals surface area contributed by atoms with Gasteiger partial charge in [-0.1, -0.05) is 6.42 Å². The molecule has 0 aromatic carbocycles. The third kappa shape index (κ3) is 3.97. The van der Waals surface area contributed by atoms with Crippen LogP contribution in [0.15, 0.2) is 4.79 Å². The number of amides is 1. The summed E-state index contributed by atoms with van der Waals surface area (Å²) in [6.45, 7) is 3.24. The number of nitrogens with zero attached hydrogens (tertiary/aromatic N) is 3. The number of carbonyl (C=O) groups is 1. The second kappa shape index (κ2) is 7.81. The van der Waals surface area contributed by atoms with E-state index in [2.05, 4.69) is 5.32 Å². The minimum absolute atomic E-state index is 0.0550. The lowest BCUT2D eigenvalue weighted by molar-refractivity contribution is 0.0925. The first-order valence-electron chi connectivity index (χ1n) is 10.0. The van der Waals surface area contributed by atoms with Gasteiger partial charge in [0.2, 0.25) is 10.0 Å². The van der Waals surface area contributed by atoms with Gasteiger partial charge >= 0.3 is 0 Å². The smallest absolute Gasteiger partial charge is 0.262 e. The number of hydrogen-bond acceptors (Lipinski definition) is 6. The van der Waals surface area contributed by atoms with Crippen molar-refractivity contribution >= 4 is 37.5 Å². The maximum atomic E-state index is 13.1. The van der Waals surface area contributed by atoms with Crippen LogP contribution in [0.2, 0.25) is 0 Å². The zero-order valence-electron chi connectivity index (χ0n) is 16.7. The van der Waals surface area contributed by atoms with Crippen LogP contribution in [-0.2, 0) is 23.0 Å². The summed E-state index contributed by atoms with van der Waals surface area (Å²) in [6.07, 6.45) is 6.50. The first-order valence-corrected chi connectivity index (χ1v) is 12.7. The van der Waals surface area contributed by atoms with Crippen LogP contribution in [0, 0.1) is 6.92 Å². The molecule has 158 valence electrons. The first kappa shape index (κ1) is 20.5. The zero-order valence-corrected chi connectivity index (χ0v) is 18.4. The number of nitrogens with one attached hydrogen (secondary N) is 1. The van der Waals surface area contributed by atoms with E-state index in [0.29, 0.717) is 40.2 Å². The van der Waals surface area contributed by atoms with Crippen molar-refractivity contribution in [2.45, 2.75) is 58.0 Å². The Morgan fingerprint density at radius 2 is 2.00 bits per heavy atom. The summed E-state index contributed by atoms with van der Waals surface area (Å²) in [5.74, 6) is 0.551. The van der Waals surface area contributed by atoms with E-state index >= 15 is 0 Å². The topological polar surface area (TPSA) is 101 Å². The maximum Gasteiger partial charge on any atom is 0.262 e. The molecular weight excluding hydrogens is 412 g/mol. The average molecular weight is 439 g/mol. The Morgan fingerprint density at radius 1 is 1.21 bits per heavy atom.